The highest BCUT2D eigenvalue weighted by atomic mass is 79.9. The molecule has 2 aromatic carbocycles. The number of carbonyl (C=O) groups is 1. The first-order valence-electron chi connectivity index (χ1n) is 6.03. The average molecular weight is 383 g/mol. The monoisotopic (exact) mass is 381 g/mol. The molecule has 0 amide bonds. The van der Waals surface area contributed by atoms with Gasteiger partial charge in [0.2, 0.25) is 0 Å². The zero-order valence-corrected chi connectivity index (χ0v) is 13.3. The Labute approximate surface area is 139 Å². The van der Waals surface area contributed by atoms with Gasteiger partial charge in [0.05, 0.1) is 9.40 Å². The molecule has 7 heteroatoms. The first-order valence-corrected chi connectivity index (χ1v) is 7.20. The van der Waals surface area contributed by atoms with E-state index in [1.54, 1.807) is 18.2 Å². The molecule has 2 rings (SSSR count). The average Bonchev–Trinajstić information content (AvgIpc) is 2.48. The molecule has 0 fully saturated rings. The predicted octanol–water partition coefficient (Wildman–Crippen LogP) is 4.61. The zero-order valence-electron chi connectivity index (χ0n) is 11.0. The van der Waals surface area contributed by atoms with Gasteiger partial charge < -0.3 is 5.11 Å². The topological polar surface area (TPSA) is 80.4 Å². The van der Waals surface area contributed by atoms with Crippen LogP contribution in [0.3, 0.4) is 0 Å². The van der Waals surface area contributed by atoms with E-state index in [4.69, 9.17) is 11.6 Å². The number of phenolic OH excluding ortho intramolecular Hbond substituents is 1. The molecule has 0 aliphatic heterocycles. The van der Waals surface area contributed by atoms with Gasteiger partial charge in [-0.15, -0.1) is 0 Å². The summed E-state index contributed by atoms with van der Waals surface area (Å²) in [7, 11) is 0. The number of nitro benzene ring substituents is 1. The number of benzene rings is 2. The first-order chi connectivity index (χ1) is 10.4. The molecule has 0 spiro atoms. The third-order valence-corrected chi connectivity index (χ3v) is 3.78. The number of hydrogen-bond donors (Lipinski definition) is 1. The fourth-order valence-electron chi connectivity index (χ4n) is 1.70. The van der Waals surface area contributed by atoms with Gasteiger partial charge in [-0.05, 0) is 51.8 Å². The molecule has 0 aliphatic rings. The summed E-state index contributed by atoms with van der Waals surface area (Å²) in [5.41, 5.74) is 0.556. The van der Waals surface area contributed by atoms with Crippen molar-refractivity contribution in [2.75, 3.05) is 0 Å². The molecule has 0 saturated carbocycles. The fraction of sp³-hybridized carbons (Fsp3) is 0. The molecular weight excluding hydrogens is 374 g/mol. The van der Waals surface area contributed by atoms with E-state index in [9.17, 15) is 20.0 Å². The second kappa shape index (κ2) is 6.72. The molecule has 0 aromatic heterocycles. The van der Waals surface area contributed by atoms with Crippen LogP contribution < -0.4 is 0 Å². The van der Waals surface area contributed by atoms with Crippen LogP contribution in [0.2, 0.25) is 5.02 Å². The van der Waals surface area contributed by atoms with Gasteiger partial charge >= 0.3 is 0 Å². The third-order valence-electron chi connectivity index (χ3n) is 2.83. The van der Waals surface area contributed by atoms with Crippen molar-refractivity contribution in [3.63, 3.8) is 0 Å². The number of halogens is 2. The van der Waals surface area contributed by atoms with Crippen molar-refractivity contribution in [3.05, 3.63) is 73.2 Å². The minimum Gasteiger partial charge on any atom is -0.507 e. The van der Waals surface area contributed by atoms with Gasteiger partial charge in [0.25, 0.3) is 5.69 Å². The molecule has 2 aromatic rings. The van der Waals surface area contributed by atoms with Gasteiger partial charge in [0.1, 0.15) is 10.8 Å². The number of hydrogen-bond acceptors (Lipinski definition) is 4. The van der Waals surface area contributed by atoms with Gasteiger partial charge in [-0.1, -0.05) is 23.7 Å². The van der Waals surface area contributed by atoms with Crippen molar-refractivity contribution in [2.45, 2.75) is 0 Å². The van der Waals surface area contributed by atoms with Crippen molar-refractivity contribution in [3.8, 4) is 5.75 Å². The Balaban J connectivity index is 2.25. The van der Waals surface area contributed by atoms with Crippen LogP contribution in [-0.4, -0.2) is 15.8 Å². The number of carbonyl (C=O) groups excluding carboxylic acids is 1. The Bertz CT molecular complexity index is 789. The van der Waals surface area contributed by atoms with Crippen molar-refractivity contribution in [1.82, 2.24) is 0 Å². The molecule has 112 valence electrons. The maximum Gasteiger partial charge on any atom is 0.288 e. The van der Waals surface area contributed by atoms with Crippen LogP contribution >= 0.6 is 27.5 Å². The van der Waals surface area contributed by atoms with Crippen molar-refractivity contribution < 1.29 is 14.8 Å². The van der Waals surface area contributed by atoms with E-state index < -0.39 is 4.92 Å². The standard InChI is InChI=1S/C15H9BrClNO4/c16-11-7-9(2-6-15(11)20)1-5-14(19)10-3-4-12(17)13(8-10)18(21)22/h1-8,20H/b5-1+. The molecule has 22 heavy (non-hydrogen) atoms. The number of ketones is 1. The van der Waals surface area contributed by atoms with Crippen molar-refractivity contribution in [1.29, 1.82) is 0 Å². The van der Waals surface area contributed by atoms with E-state index in [0.29, 0.717) is 10.0 Å². The predicted molar refractivity (Wildman–Crippen MR) is 87.3 cm³/mol. The van der Waals surface area contributed by atoms with Crippen LogP contribution in [0, 0.1) is 10.1 Å². The van der Waals surface area contributed by atoms with E-state index in [2.05, 4.69) is 15.9 Å². The normalized spacial score (nSPS) is 10.8. The van der Waals surface area contributed by atoms with Crippen LogP contribution in [0.25, 0.3) is 6.08 Å². The van der Waals surface area contributed by atoms with E-state index >= 15 is 0 Å². The Morgan fingerprint density at radius 2 is 2.00 bits per heavy atom. The van der Waals surface area contributed by atoms with Gasteiger partial charge in [0.15, 0.2) is 5.78 Å². The maximum absolute atomic E-state index is 12.0. The first kappa shape index (κ1) is 16.2. The SMILES string of the molecule is O=C(/C=C/c1ccc(O)c(Br)c1)c1ccc(Cl)c([N+](=O)[O-])c1. The van der Waals surface area contributed by atoms with Gasteiger partial charge in [-0.3, -0.25) is 14.9 Å². The van der Waals surface area contributed by atoms with E-state index in [-0.39, 0.29) is 27.8 Å². The second-order valence-electron chi connectivity index (χ2n) is 4.33. The largest absolute Gasteiger partial charge is 0.507 e. The summed E-state index contributed by atoms with van der Waals surface area (Å²) >= 11 is 8.87. The molecule has 0 aliphatic carbocycles. The quantitative estimate of drug-likeness (QED) is 0.362. The summed E-state index contributed by atoms with van der Waals surface area (Å²) in [5.74, 6) is -0.291. The van der Waals surface area contributed by atoms with Crippen LogP contribution in [0.15, 0.2) is 46.9 Å². The lowest BCUT2D eigenvalue weighted by molar-refractivity contribution is -0.384. The number of nitro groups is 1. The molecule has 0 heterocycles. The highest BCUT2D eigenvalue weighted by Crippen LogP contribution is 2.26. The summed E-state index contributed by atoms with van der Waals surface area (Å²) in [4.78, 5) is 22.2. The molecule has 0 atom stereocenters. The minimum absolute atomic E-state index is 0.0204. The molecule has 0 bridgehead atoms. The second-order valence-corrected chi connectivity index (χ2v) is 5.59. The molecule has 1 N–H and O–H groups in total. The summed E-state index contributed by atoms with van der Waals surface area (Å²) in [5, 5.41) is 20.2. The van der Waals surface area contributed by atoms with E-state index in [1.165, 1.54) is 24.3 Å². The lowest BCUT2D eigenvalue weighted by Gasteiger charge is -2.00. The van der Waals surface area contributed by atoms with Crippen LogP contribution in [0.4, 0.5) is 5.69 Å². The van der Waals surface area contributed by atoms with Crippen molar-refractivity contribution in [2.24, 2.45) is 0 Å². The molecule has 5 nitrogen and oxygen atoms in total. The van der Waals surface area contributed by atoms with Crippen LogP contribution in [-0.2, 0) is 0 Å². The van der Waals surface area contributed by atoms with E-state index in [0.717, 1.165) is 6.07 Å². The van der Waals surface area contributed by atoms with Crippen LogP contribution in [0.5, 0.6) is 5.75 Å². The summed E-state index contributed by atoms with van der Waals surface area (Å²) in [6.45, 7) is 0. The summed E-state index contributed by atoms with van der Waals surface area (Å²) in [6.07, 6.45) is 2.85. The number of nitrogens with zero attached hydrogens (tertiary/aromatic N) is 1. The number of rotatable bonds is 4. The Kier molecular flexibility index (Phi) is 4.95. The lowest BCUT2D eigenvalue weighted by Crippen LogP contribution is -1.97. The maximum atomic E-state index is 12.0. The fourth-order valence-corrected chi connectivity index (χ4v) is 2.28. The van der Waals surface area contributed by atoms with Gasteiger partial charge in [-0.2, -0.15) is 0 Å². The van der Waals surface area contributed by atoms with Crippen molar-refractivity contribution >= 4 is 45.1 Å². The Morgan fingerprint density at radius 1 is 1.27 bits per heavy atom. The highest BCUT2D eigenvalue weighted by Gasteiger charge is 2.15. The number of aromatic hydroxyl groups is 1. The molecule has 0 saturated heterocycles. The van der Waals surface area contributed by atoms with Gasteiger partial charge in [-0.25, -0.2) is 0 Å². The Morgan fingerprint density at radius 3 is 2.64 bits per heavy atom. The Hall–Kier alpha value is -2.18. The van der Waals surface area contributed by atoms with Gasteiger partial charge in [0, 0.05) is 11.6 Å². The number of allylic oxidation sites excluding steroid dienone is 1. The van der Waals surface area contributed by atoms with Crippen LogP contribution in [0.1, 0.15) is 15.9 Å². The lowest BCUT2D eigenvalue weighted by atomic mass is 10.1. The summed E-state index contributed by atoms with van der Waals surface area (Å²) in [6, 6.07) is 8.65. The molecular formula is C15H9BrClNO4. The molecule has 0 radical (unpaired) electrons. The zero-order chi connectivity index (χ0) is 16.3. The van der Waals surface area contributed by atoms with E-state index in [1.807, 2.05) is 0 Å². The smallest absolute Gasteiger partial charge is 0.288 e. The third kappa shape index (κ3) is 3.72. The minimum atomic E-state index is -0.639. The summed E-state index contributed by atoms with van der Waals surface area (Å²) < 4.78 is 0.504. The number of phenols is 1. The molecule has 0 unspecified atom stereocenters. The highest BCUT2D eigenvalue weighted by molar-refractivity contribution is 9.10.